The predicted octanol–water partition coefficient (Wildman–Crippen LogP) is 3.85. The van der Waals surface area contributed by atoms with Gasteiger partial charge in [-0.25, -0.2) is 8.42 Å². The minimum absolute atomic E-state index is 0.125. The summed E-state index contributed by atoms with van der Waals surface area (Å²) in [4.78, 5) is 12.9. The number of hydrogen-bond donors (Lipinski definition) is 1. The summed E-state index contributed by atoms with van der Waals surface area (Å²) in [6, 6.07) is 16.2. The van der Waals surface area contributed by atoms with Crippen LogP contribution in [0.15, 0.2) is 59.5 Å². The van der Waals surface area contributed by atoms with Crippen LogP contribution in [-0.4, -0.2) is 31.7 Å². The zero-order chi connectivity index (χ0) is 19.4. The number of rotatable bonds is 5. The molecule has 0 aromatic heterocycles. The minimum Gasteiger partial charge on any atom is -0.326 e. The van der Waals surface area contributed by atoms with E-state index < -0.39 is 10.0 Å². The Morgan fingerprint density at radius 3 is 2.37 bits per heavy atom. The molecule has 3 rings (SSSR count). The molecule has 1 heterocycles. The zero-order valence-corrected chi connectivity index (χ0v) is 16.6. The molecule has 0 unspecified atom stereocenters. The fourth-order valence-electron chi connectivity index (χ4n) is 3.31. The van der Waals surface area contributed by atoms with Crippen molar-refractivity contribution in [1.82, 2.24) is 4.31 Å². The van der Waals surface area contributed by atoms with Crippen LogP contribution in [0.3, 0.4) is 0 Å². The third-order valence-electron chi connectivity index (χ3n) is 4.98. The first-order chi connectivity index (χ1) is 12.9. The van der Waals surface area contributed by atoms with E-state index in [2.05, 4.69) is 19.2 Å². The lowest BCUT2D eigenvalue weighted by atomic mass is 9.98. The standard InChI is InChI=1S/C21H26N2O3S/c1-16(2)17-10-12-19(13-11-17)22-21(24)18-7-6-14-23(15-18)27(25,26)20-8-4-3-5-9-20/h3-5,8-13,16,18H,6-7,14-15H2,1-2H3,(H,22,24)/t18-/m1/s1. The van der Waals surface area contributed by atoms with Crippen LogP contribution in [0.1, 0.15) is 38.2 Å². The molecule has 6 heteroatoms. The molecule has 1 saturated heterocycles. The summed E-state index contributed by atoms with van der Waals surface area (Å²) in [5.74, 6) is -0.0351. The van der Waals surface area contributed by atoms with Crippen LogP contribution in [0, 0.1) is 5.92 Å². The van der Waals surface area contributed by atoms with Gasteiger partial charge in [0.25, 0.3) is 0 Å². The molecular weight excluding hydrogens is 360 g/mol. The Bertz CT molecular complexity index is 877. The van der Waals surface area contributed by atoms with Gasteiger partial charge in [-0.2, -0.15) is 4.31 Å². The van der Waals surface area contributed by atoms with Crippen molar-refractivity contribution < 1.29 is 13.2 Å². The molecule has 1 aliphatic rings. The van der Waals surface area contributed by atoms with Crippen molar-refractivity contribution in [1.29, 1.82) is 0 Å². The van der Waals surface area contributed by atoms with Crippen LogP contribution in [0.2, 0.25) is 0 Å². The number of anilines is 1. The highest BCUT2D eigenvalue weighted by molar-refractivity contribution is 7.89. The van der Waals surface area contributed by atoms with Crippen molar-refractivity contribution in [2.75, 3.05) is 18.4 Å². The van der Waals surface area contributed by atoms with Gasteiger partial charge in [0.05, 0.1) is 10.8 Å². The Labute approximate surface area is 161 Å². The summed E-state index contributed by atoms with van der Waals surface area (Å²) in [6.07, 6.45) is 1.37. The van der Waals surface area contributed by atoms with E-state index in [1.54, 1.807) is 30.3 Å². The number of piperidine rings is 1. The van der Waals surface area contributed by atoms with Gasteiger partial charge in [0, 0.05) is 18.8 Å². The molecule has 0 spiro atoms. The smallest absolute Gasteiger partial charge is 0.243 e. The molecule has 1 amide bonds. The molecule has 1 atom stereocenters. The summed E-state index contributed by atoms with van der Waals surface area (Å²) >= 11 is 0. The first-order valence-electron chi connectivity index (χ1n) is 9.34. The van der Waals surface area contributed by atoms with E-state index in [9.17, 15) is 13.2 Å². The number of amides is 1. The lowest BCUT2D eigenvalue weighted by Crippen LogP contribution is -2.43. The highest BCUT2D eigenvalue weighted by Crippen LogP contribution is 2.25. The minimum atomic E-state index is -3.56. The van der Waals surface area contributed by atoms with Gasteiger partial charge < -0.3 is 5.32 Å². The van der Waals surface area contributed by atoms with Gasteiger partial charge >= 0.3 is 0 Å². The number of nitrogens with zero attached hydrogens (tertiary/aromatic N) is 1. The Hall–Kier alpha value is -2.18. The second-order valence-electron chi connectivity index (χ2n) is 7.28. The summed E-state index contributed by atoms with van der Waals surface area (Å²) in [5, 5.41) is 2.93. The number of carbonyl (C=O) groups excluding carboxylic acids is 1. The maximum Gasteiger partial charge on any atom is 0.243 e. The maximum absolute atomic E-state index is 12.8. The average molecular weight is 387 g/mol. The van der Waals surface area contributed by atoms with E-state index in [4.69, 9.17) is 0 Å². The van der Waals surface area contributed by atoms with E-state index in [0.29, 0.717) is 25.3 Å². The van der Waals surface area contributed by atoms with Gasteiger partial charge in [-0.15, -0.1) is 0 Å². The molecule has 0 aliphatic carbocycles. The third kappa shape index (κ3) is 4.57. The Balaban J connectivity index is 1.68. The second kappa shape index (κ2) is 8.23. The van der Waals surface area contributed by atoms with Crippen molar-refractivity contribution in [3.63, 3.8) is 0 Å². The molecular formula is C21H26N2O3S. The first-order valence-corrected chi connectivity index (χ1v) is 10.8. The van der Waals surface area contributed by atoms with Crippen LogP contribution >= 0.6 is 0 Å². The second-order valence-corrected chi connectivity index (χ2v) is 9.22. The maximum atomic E-state index is 12.8. The van der Waals surface area contributed by atoms with Gasteiger partial charge in [0.15, 0.2) is 0 Å². The van der Waals surface area contributed by atoms with Crippen molar-refractivity contribution in [3.8, 4) is 0 Å². The predicted molar refractivity (Wildman–Crippen MR) is 107 cm³/mol. The summed E-state index contributed by atoms with van der Waals surface area (Å²) < 4.78 is 27.0. The molecule has 1 aliphatic heterocycles. The first kappa shape index (κ1) is 19.6. The Kier molecular flexibility index (Phi) is 5.97. The van der Waals surface area contributed by atoms with E-state index in [1.165, 1.54) is 9.87 Å². The highest BCUT2D eigenvalue weighted by atomic mass is 32.2. The summed E-state index contributed by atoms with van der Waals surface area (Å²) in [5.41, 5.74) is 1.96. The highest BCUT2D eigenvalue weighted by Gasteiger charge is 2.33. The summed E-state index contributed by atoms with van der Waals surface area (Å²) in [6.45, 7) is 4.91. The van der Waals surface area contributed by atoms with E-state index in [1.807, 2.05) is 24.3 Å². The van der Waals surface area contributed by atoms with Gasteiger partial charge in [0.2, 0.25) is 15.9 Å². The van der Waals surface area contributed by atoms with Crippen LogP contribution in [-0.2, 0) is 14.8 Å². The van der Waals surface area contributed by atoms with Crippen molar-refractivity contribution in [2.45, 2.75) is 37.5 Å². The lowest BCUT2D eigenvalue weighted by Gasteiger charge is -2.31. The lowest BCUT2D eigenvalue weighted by molar-refractivity contribution is -0.120. The van der Waals surface area contributed by atoms with E-state index in [-0.39, 0.29) is 23.3 Å². The Morgan fingerprint density at radius 2 is 1.74 bits per heavy atom. The topological polar surface area (TPSA) is 66.5 Å². The average Bonchev–Trinajstić information content (AvgIpc) is 2.69. The third-order valence-corrected chi connectivity index (χ3v) is 6.86. The molecule has 144 valence electrons. The van der Waals surface area contributed by atoms with E-state index in [0.717, 1.165) is 5.69 Å². The number of sulfonamides is 1. The van der Waals surface area contributed by atoms with Crippen LogP contribution in [0.4, 0.5) is 5.69 Å². The number of carbonyl (C=O) groups is 1. The van der Waals surface area contributed by atoms with Gasteiger partial charge in [-0.1, -0.05) is 44.2 Å². The van der Waals surface area contributed by atoms with E-state index >= 15 is 0 Å². The molecule has 0 bridgehead atoms. The van der Waals surface area contributed by atoms with Crippen molar-refractivity contribution in [3.05, 3.63) is 60.2 Å². The fraction of sp³-hybridized carbons (Fsp3) is 0.381. The molecule has 2 aromatic rings. The van der Waals surface area contributed by atoms with Crippen LogP contribution in [0.5, 0.6) is 0 Å². The Morgan fingerprint density at radius 1 is 1.07 bits per heavy atom. The van der Waals surface area contributed by atoms with Crippen LogP contribution < -0.4 is 5.32 Å². The molecule has 2 aromatic carbocycles. The molecule has 5 nitrogen and oxygen atoms in total. The number of hydrogen-bond acceptors (Lipinski definition) is 3. The quantitative estimate of drug-likeness (QED) is 0.849. The largest absolute Gasteiger partial charge is 0.326 e. The number of nitrogens with one attached hydrogen (secondary N) is 1. The molecule has 1 N–H and O–H groups in total. The number of benzene rings is 2. The van der Waals surface area contributed by atoms with Crippen molar-refractivity contribution in [2.24, 2.45) is 5.92 Å². The van der Waals surface area contributed by atoms with Crippen molar-refractivity contribution >= 4 is 21.6 Å². The molecule has 1 fully saturated rings. The van der Waals surface area contributed by atoms with Crippen LogP contribution in [0.25, 0.3) is 0 Å². The summed E-state index contributed by atoms with van der Waals surface area (Å²) in [7, 11) is -3.56. The SMILES string of the molecule is CC(C)c1ccc(NC(=O)[C@@H]2CCCN(S(=O)(=O)c3ccccc3)C2)cc1. The molecule has 0 radical (unpaired) electrons. The van der Waals surface area contributed by atoms with Gasteiger partial charge in [0.1, 0.15) is 0 Å². The fourth-order valence-corrected chi connectivity index (χ4v) is 4.86. The molecule has 27 heavy (non-hydrogen) atoms. The zero-order valence-electron chi connectivity index (χ0n) is 15.8. The monoisotopic (exact) mass is 386 g/mol. The molecule has 0 saturated carbocycles. The van der Waals surface area contributed by atoms with Gasteiger partial charge in [-0.05, 0) is 48.6 Å². The normalized spacial score (nSPS) is 18.4. The van der Waals surface area contributed by atoms with Gasteiger partial charge in [-0.3, -0.25) is 4.79 Å².